The molecule has 159 valence electrons. The molecule has 0 N–H and O–H groups in total. The van der Waals surface area contributed by atoms with Gasteiger partial charge in [-0.25, -0.2) is 0 Å². The minimum atomic E-state index is 0. The number of thiophene rings is 1. The SMILES string of the molecule is [Ir].[c-]1ccc(-n2c3ccccc3c3cc4sc5ccccc5c4cc32)cc1-c1ccccn1. The molecule has 0 fully saturated rings. The molecule has 0 bridgehead atoms. The van der Waals surface area contributed by atoms with Gasteiger partial charge in [0.2, 0.25) is 0 Å². The minimum Gasteiger partial charge on any atom is -0.327 e. The van der Waals surface area contributed by atoms with Gasteiger partial charge in [0.05, 0.1) is 11.0 Å². The maximum Gasteiger partial charge on any atom is 0.0530 e. The zero-order chi connectivity index (χ0) is 21.1. The molecular weight excluding hydrogens is 601 g/mol. The fraction of sp³-hybridized carbons (Fsp3) is 0. The quantitative estimate of drug-likeness (QED) is 0.180. The zero-order valence-corrected chi connectivity index (χ0v) is 20.7. The van der Waals surface area contributed by atoms with Gasteiger partial charge >= 0.3 is 0 Å². The zero-order valence-electron chi connectivity index (χ0n) is 17.5. The topological polar surface area (TPSA) is 17.8 Å². The normalized spacial score (nSPS) is 11.4. The van der Waals surface area contributed by atoms with Gasteiger partial charge in [-0.15, -0.1) is 41.2 Å². The smallest absolute Gasteiger partial charge is 0.0530 e. The Morgan fingerprint density at radius 2 is 1.48 bits per heavy atom. The van der Waals surface area contributed by atoms with Crippen molar-refractivity contribution in [3.8, 4) is 16.9 Å². The second-order valence-electron chi connectivity index (χ2n) is 7.99. The van der Waals surface area contributed by atoms with Crippen LogP contribution in [0.5, 0.6) is 0 Å². The van der Waals surface area contributed by atoms with E-state index in [1.54, 1.807) is 0 Å². The molecule has 7 rings (SSSR count). The Hall–Kier alpha value is -3.30. The molecule has 0 aliphatic rings. The molecule has 0 aliphatic heterocycles. The summed E-state index contributed by atoms with van der Waals surface area (Å²) in [5, 5.41) is 5.19. The number of rotatable bonds is 2. The van der Waals surface area contributed by atoms with E-state index in [0.717, 1.165) is 16.9 Å². The number of nitrogens with zero attached hydrogens (tertiary/aromatic N) is 2. The van der Waals surface area contributed by atoms with Crippen LogP contribution >= 0.6 is 11.3 Å². The van der Waals surface area contributed by atoms with Crippen molar-refractivity contribution < 1.29 is 20.1 Å². The third kappa shape index (κ3) is 3.14. The predicted octanol–water partition coefficient (Wildman–Crippen LogP) is 8.01. The van der Waals surface area contributed by atoms with Crippen LogP contribution in [0.3, 0.4) is 0 Å². The Labute approximate surface area is 208 Å². The van der Waals surface area contributed by atoms with E-state index in [1.807, 2.05) is 41.8 Å². The maximum absolute atomic E-state index is 4.53. The first-order chi connectivity index (χ1) is 15.9. The standard InChI is InChI=1S/C29H17N2S.Ir/c1-3-13-26-21(10-1)23-18-29-24(22-11-2-4-14-28(22)32-29)17-27(23)31(26)20-9-7-8-19(16-20)25-12-5-6-15-30-25;/h1-7,9-18H;/q-1;. The van der Waals surface area contributed by atoms with Gasteiger partial charge in [0, 0.05) is 57.2 Å². The Morgan fingerprint density at radius 3 is 2.36 bits per heavy atom. The van der Waals surface area contributed by atoms with Crippen molar-refractivity contribution in [2.24, 2.45) is 0 Å². The first-order valence-corrected chi connectivity index (χ1v) is 11.5. The van der Waals surface area contributed by atoms with Crippen LogP contribution < -0.4 is 0 Å². The number of hydrogen-bond acceptors (Lipinski definition) is 2. The van der Waals surface area contributed by atoms with E-state index in [9.17, 15) is 0 Å². The summed E-state index contributed by atoms with van der Waals surface area (Å²) < 4.78 is 5.03. The third-order valence-electron chi connectivity index (χ3n) is 6.16. The third-order valence-corrected chi connectivity index (χ3v) is 7.29. The van der Waals surface area contributed by atoms with Gasteiger partial charge in [0.15, 0.2) is 0 Å². The molecule has 3 aromatic heterocycles. The fourth-order valence-electron chi connectivity index (χ4n) is 4.73. The van der Waals surface area contributed by atoms with Gasteiger partial charge in [-0.1, -0.05) is 48.5 Å². The average molecular weight is 618 g/mol. The average Bonchev–Trinajstić information content (AvgIpc) is 3.38. The molecule has 0 spiro atoms. The van der Waals surface area contributed by atoms with Crippen LogP contribution in [0.4, 0.5) is 0 Å². The van der Waals surface area contributed by atoms with Crippen LogP contribution in [0, 0.1) is 6.07 Å². The van der Waals surface area contributed by atoms with Crippen molar-refractivity contribution in [3.05, 3.63) is 109 Å². The summed E-state index contributed by atoms with van der Waals surface area (Å²) in [6, 6.07) is 37.7. The molecule has 33 heavy (non-hydrogen) atoms. The van der Waals surface area contributed by atoms with E-state index in [2.05, 4.69) is 88.4 Å². The van der Waals surface area contributed by atoms with E-state index >= 15 is 0 Å². The van der Waals surface area contributed by atoms with E-state index in [4.69, 9.17) is 0 Å². The summed E-state index contributed by atoms with van der Waals surface area (Å²) in [5.74, 6) is 0. The fourth-order valence-corrected chi connectivity index (χ4v) is 5.86. The molecule has 0 saturated heterocycles. The van der Waals surface area contributed by atoms with Crippen molar-refractivity contribution >= 4 is 53.3 Å². The molecule has 7 aromatic rings. The molecule has 0 saturated carbocycles. The summed E-state index contributed by atoms with van der Waals surface area (Å²) in [6.07, 6.45) is 1.83. The molecule has 0 unspecified atom stereocenters. The molecule has 1 radical (unpaired) electrons. The van der Waals surface area contributed by atoms with E-state index in [1.165, 1.54) is 42.0 Å². The molecule has 4 heteroatoms. The van der Waals surface area contributed by atoms with Gasteiger partial charge in [-0.3, -0.25) is 0 Å². The summed E-state index contributed by atoms with van der Waals surface area (Å²) in [6.45, 7) is 0. The molecule has 2 nitrogen and oxygen atoms in total. The first-order valence-electron chi connectivity index (χ1n) is 10.6. The van der Waals surface area contributed by atoms with E-state index in [-0.39, 0.29) is 20.1 Å². The first kappa shape index (κ1) is 20.3. The largest absolute Gasteiger partial charge is 0.327 e. The molecule has 4 aromatic carbocycles. The number of pyridine rings is 1. The van der Waals surface area contributed by atoms with Gasteiger partial charge in [0.25, 0.3) is 0 Å². The summed E-state index contributed by atoms with van der Waals surface area (Å²) in [5.41, 5.74) is 5.48. The number of aromatic nitrogens is 2. The monoisotopic (exact) mass is 618 g/mol. The molecule has 0 atom stereocenters. The van der Waals surface area contributed by atoms with Gasteiger partial charge < -0.3 is 9.55 Å². The maximum atomic E-state index is 4.53. The number of benzene rings is 4. The number of hydrogen-bond donors (Lipinski definition) is 0. The Balaban J connectivity index is 0.00000206. The van der Waals surface area contributed by atoms with Crippen LogP contribution in [0.25, 0.3) is 58.9 Å². The number of fused-ring (bicyclic) bond motifs is 6. The van der Waals surface area contributed by atoms with Crippen LogP contribution in [0.15, 0.2) is 103 Å². The minimum absolute atomic E-state index is 0. The van der Waals surface area contributed by atoms with Crippen molar-refractivity contribution in [2.75, 3.05) is 0 Å². The Morgan fingerprint density at radius 1 is 0.667 bits per heavy atom. The van der Waals surface area contributed by atoms with Gasteiger partial charge in [-0.2, -0.15) is 0 Å². The van der Waals surface area contributed by atoms with Crippen molar-refractivity contribution in [1.82, 2.24) is 9.55 Å². The molecular formula is C29H17IrN2S-. The molecule has 3 heterocycles. The Kier molecular flexibility index (Phi) is 4.88. The molecule has 0 amide bonds. The van der Waals surface area contributed by atoms with Crippen LogP contribution in [0.1, 0.15) is 0 Å². The van der Waals surface area contributed by atoms with E-state index < -0.39 is 0 Å². The van der Waals surface area contributed by atoms with Crippen LogP contribution in [-0.4, -0.2) is 9.55 Å². The number of para-hydroxylation sites is 1. The predicted molar refractivity (Wildman–Crippen MR) is 136 cm³/mol. The van der Waals surface area contributed by atoms with Crippen molar-refractivity contribution in [1.29, 1.82) is 0 Å². The summed E-state index contributed by atoms with van der Waals surface area (Å²) >= 11 is 1.87. The summed E-state index contributed by atoms with van der Waals surface area (Å²) in [7, 11) is 0. The Bertz CT molecular complexity index is 1780. The van der Waals surface area contributed by atoms with Crippen LogP contribution in [0.2, 0.25) is 0 Å². The second-order valence-corrected chi connectivity index (χ2v) is 9.08. The van der Waals surface area contributed by atoms with Crippen LogP contribution in [-0.2, 0) is 20.1 Å². The van der Waals surface area contributed by atoms with E-state index in [0.29, 0.717) is 0 Å². The molecule has 0 aliphatic carbocycles. The van der Waals surface area contributed by atoms with Gasteiger partial charge in [-0.05, 0) is 41.7 Å². The van der Waals surface area contributed by atoms with Crippen molar-refractivity contribution in [3.63, 3.8) is 0 Å². The van der Waals surface area contributed by atoms with Crippen molar-refractivity contribution in [2.45, 2.75) is 0 Å². The second kappa shape index (κ2) is 7.93. The van der Waals surface area contributed by atoms with Gasteiger partial charge in [0.1, 0.15) is 0 Å². The summed E-state index contributed by atoms with van der Waals surface area (Å²) in [4.78, 5) is 4.53.